The summed E-state index contributed by atoms with van der Waals surface area (Å²) < 4.78 is 29.6. The molecule has 0 radical (unpaired) electrons. The van der Waals surface area contributed by atoms with E-state index in [1.54, 1.807) is 12.1 Å². The first-order valence-electron chi connectivity index (χ1n) is 10.4. The Morgan fingerprint density at radius 1 is 1.18 bits per heavy atom. The molecule has 7 heteroatoms. The molecule has 1 atom stereocenters. The van der Waals surface area contributed by atoms with E-state index in [4.69, 9.17) is 14.2 Å². The molecule has 28 heavy (non-hydrogen) atoms. The first kappa shape index (κ1) is 22.4. The van der Waals surface area contributed by atoms with Crippen molar-refractivity contribution in [3.05, 3.63) is 30.1 Å². The van der Waals surface area contributed by atoms with Gasteiger partial charge in [-0.15, -0.1) is 0 Å². The molecule has 1 aliphatic heterocycles. The predicted molar refractivity (Wildman–Crippen MR) is 110 cm³/mol. The lowest BCUT2D eigenvalue weighted by Crippen LogP contribution is -2.38. The number of guanidine groups is 1. The number of unbranched alkanes of at least 4 members (excludes halogenated alkanes) is 1. The maximum Gasteiger partial charge on any atom is 0.191 e. The van der Waals surface area contributed by atoms with Crippen LogP contribution in [0.4, 0.5) is 4.39 Å². The lowest BCUT2D eigenvalue weighted by atomic mass is 10.2. The van der Waals surface area contributed by atoms with Gasteiger partial charge in [-0.25, -0.2) is 4.39 Å². The van der Waals surface area contributed by atoms with Crippen LogP contribution in [-0.4, -0.2) is 58.1 Å². The minimum absolute atomic E-state index is 0.249. The minimum Gasteiger partial charge on any atom is -0.494 e. The molecule has 1 aromatic carbocycles. The summed E-state index contributed by atoms with van der Waals surface area (Å²) in [6, 6.07) is 6.11. The van der Waals surface area contributed by atoms with Crippen LogP contribution >= 0.6 is 0 Å². The van der Waals surface area contributed by atoms with Crippen molar-refractivity contribution in [2.45, 2.75) is 45.1 Å². The zero-order valence-electron chi connectivity index (χ0n) is 16.9. The Morgan fingerprint density at radius 2 is 2.04 bits per heavy atom. The SMILES string of the molecule is CCNC(=NCCCOCC1CCCO1)NCCCCOc1ccc(F)cc1. The van der Waals surface area contributed by atoms with Crippen molar-refractivity contribution >= 4 is 5.96 Å². The second-order valence-electron chi connectivity index (χ2n) is 6.76. The average Bonchev–Trinajstić information content (AvgIpc) is 3.22. The van der Waals surface area contributed by atoms with E-state index in [1.165, 1.54) is 12.1 Å². The van der Waals surface area contributed by atoms with Crippen LogP contribution in [0.5, 0.6) is 5.75 Å². The molecular formula is C21H34FN3O3. The molecule has 1 fully saturated rings. The lowest BCUT2D eigenvalue weighted by molar-refractivity contribution is 0.0171. The molecule has 0 aromatic heterocycles. The monoisotopic (exact) mass is 395 g/mol. The van der Waals surface area contributed by atoms with Gasteiger partial charge >= 0.3 is 0 Å². The molecule has 0 bridgehead atoms. The number of hydrogen-bond donors (Lipinski definition) is 2. The third-order valence-electron chi connectivity index (χ3n) is 4.33. The number of aliphatic imine (C=N–C) groups is 1. The van der Waals surface area contributed by atoms with Gasteiger partial charge < -0.3 is 24.8 Å². The largest absolute Gasteiger partial charge is 0.494 e. The van der Waals surface area contributed by atoms with Crippen LogP contribution < -0.4 is 15.4 Å². The molecule has 0 aliphatic carbocycles. The molecule has 2 rings (SSSR count). The molecule has 158 valence electrons. The summed E-state index contributed by atoms with van der Waals surface area (Å²) in [6.45, 7) is 7.33. The van der Waals surface area contributed by atoms with E-state index in [1.807, 2.05) is 0 Å². The minimum atomic E-state index is -0.249. The van der Waals surface area contributed by atoms with Crippen LogP contribution in [0.15, 0.2) is 29.3 Å². The van der Waals surface area contributed by atoms with E-state index in [-0.39, 0.29) is 11.9 Å². The molecule has 0 spiro atoms. The Kier molecular flexibility index (Phi) is 11.4. The van der Waals surface area contributed by atoms with Crippen LogP contribution in [0.25, 0.3) is 0 Å². The van der Waals surface area contributed by atoms with Crippen LogP contribution in [0, 0.1) is 5.82 Å². The maximum atomic E-state index is 12.8. The summed E-state index contributed by atoms with van der Waals surface area (Å²) in [6.07, 6.45) is 5.33. The summed E-state index contributed by atoms with van der Waals surface area (Å²) in [5, 5.41) is 6.59. The number of nitrogens with zero attached hydrogens (tertiary/aromatic N) is 1. The van der Waals surface area contributed by atoms with Crippen molar-refractivity contribution in [2.24, 2.45) is 4.99 Å². The van der Waals surface area contributed by atoms with Gasteiger partial charge in [-0.1, -0.05) is 0 Å². The highest BCUT2D eigenvalue weighted by molar-refractivity contribution is 5.79. The first-order valence-corrected chi connectivity index (χ1v) is 10.4. The molecule has 1 heterocycles. The van der Waals surface area contributed by atoms with E-state index in [2.05, 4.69) is 22.5 Å². The second kappa shape index (κ2) is 14.2. The number of halogens is 1. The van der Waals surface area contributed by atoms with E-state index in [0.717, 1.165) is 64.3 Å². The van der Waals surface area contributed by atoms with Gasteiger partial charge in [0, 0.05) is 32.8 Å². The van der Waals surface area contributed by atoms with Gasteiger partial charge in [-0.3, -0.25) is 4.99 Å². The van der Waals surface area contributed by atoms with E-state index in [9.17, 15) is 4.39 Å². The third-order valence-corrected chi connectivity index (χ3v) is 4.33. The van der Waals surface area contributed by atoms with Crippen molar-refractivity contribution in [2.75, 3.05) is 46.1 Å². The zero-order valence-corrected chi connectivity index (χ0v) is 16.9. The summed E-state index contributed by atoms with van der Waals surface area (Å²) >= 11 is 0. The van der Waals surface area contributed by atoms with Crippen LogP contribution in [0.1, 0.15) is 39.0 Å². The molecular weight excluding hydrogens is 361 g/mol. The predicted octanol–water partition coefficient (Wildman–Crippen LogP) is 3.13. The van der Waals surface area contributed by atoms with Crippen molar-refractivity contribution in [1.29, 1.82) is 0 Å². The molecule has 1 unspecified atom stereocenters. The normalized spacial score (nSPS) is 16.9. The second-order valence-corrected chi connectivity index (χ2v) is 6.76. The Balaban J connectivity index is 1.49. The summed E-state index contributed by atoms with van der Waals surface area (Å²) in [5.74, 6) is 1.29. The van der Waals surface area contributed by atoms with Crippen LogP contribution in [0.3, 0.4) is 0 Å². The highest BCUT2D eigenvalue weighted by Gasteiger charge is 2.14. The third kappa shape index (κ3) is 9.90. The fraction of sp³-hybridized carbons (Fsp3) is 0.667. The Labute approximate surface area is 167 Å². The molecule has 1 aliphatic rings. The Bertz CT molecular complexity index is 548. The van der Waals surface area contributed by atoms with Gasteiger partial charge in [0.25, 0.3) is 0 Å². The van der Waals surface area contributed by atoms with Gasteiger partial charge in [-0.2, -0.15) is 0 Å². The van der Waals surface area contributed by atoms with E-state index >= 15 is 0 Å². The van der Waals surface area contributed by atoms with Crippen LogP contribution in [-0.2, 0) is 9.47 Å². The summed E-state index contributed by atoms with van der Waals surface area (Å²) in [7, 11) is 0. The standard InChI is InChI=1S/C21H34FN3O3/c1-2-23-21(25-13-6-14-26-17-20-7-5-16-28-20)24-12-3-4-15-27-19-10-8-18(22)9-11-19/h8-11,20H,2-7,12-17H2,1H3,(H2,23,24,25). The van der Waals surface area contributed by atoms with E-state index < -0.39 is 0 Å². The van der Waals surface area contributed by atoms with Crippen molar-refractivity contribution in [3.8, 4) is 5.75 Å². The molecule has 1 aromatic rings. The van der Waals surface area contributed by atoms with Crippen molar-refractivity contribution in [1.82, 2.24) is 10.6 Å². The highest BCUT2D eigenvalue weighted by Crippen LogP contribution is 2.12. The van der Waals surface area contributed by atoms with Gasteiger partial charge in [0.2, 0.25) is 0 Å². The van der Waals surface area contributed by atoms with Crippen LogP contribution in [0.2, 0.25) is 0 Å². The van der Waals surface area contributed by atoms with Gasteiger partial charge in [0.1, 0.15) is 11.6 Å². The summed E-state index contributed by atoms with van der Waals surface area (Å²) in [5.41, 5.74) is 0. The lowest BCUT2D eigenvalue weighted by Gasteiger charge is -2.12. The molecule has 0 saturated carbocycles. The highest BCUT2D eigenvalue weighted by atomic mass is 19.1. The topological polar surface area (TPSA) is 64.1 Å². The van der Waals surface area contributed by atoms with Gasteiger partial charge in [0.15, 0.2) is 5.96 Å². The van der Waals surface area contributed by atoms with Crippen molar-refractivity contribution < 1.29 is 18.6 Å². The number of benzene rings is 1. The first-order chi connectivity index (χ1) is 13.8. The number of rotatable bonds is 13. The molecule has 1 saturated heterocycles. The smallest absolute Gasteiger partial charge is 0.191 e. The molecule has 0 amide bonds. The van der Waals surface area contributed by atoms with Crippen molar-refractivity contribution in [3.63, 3.8) is 0 Å². The molecule has 6 nitrogen and oxygen atoms in total. The van der Waals surface area contributed by atoms with E-state index in [0.29, 0.717) is 25.6 Å². The van der Waals surface area contributed by atoms with Gasteiger partial charge in [0.05, 0.1) is 19.3 Å². The molecule has 2 N–H and O–H groups in total. The number of hydrogen-bond acceptors (Lipinski definition) is 4. The fourth-order valence-corrected chi connectivity index (χ4v) is 2.84. The Hall–Kier alpha value is -1.86. The summed E-state index contributed by atoms with van der Waals surface area (Å²) in [4.78, 5) is 4.57. The average molecular weight is 396 g/mol. The van der Waals surface area contributed by atoms with Gasteiger partial charge in [-0.05, 0) is 63.3 Å². The zero-order chi connectivity index (χ0) is 19.9. The number of ether oxygens (including phenoxy) is 3. The quantitative estimate of drug-likeness (QED) is 0.305. The number of nitrogens with one attached hydrogen (secondary N) is 2. The maximum absolute atomic E-state index is 12.8. The fourth-order valence-electron chi connectivity index (χ4n) is 2.84. The Morgan fingerprint density at radius 3 is 2.79 bits per heavy atom.